The van der Waals surface area contributed by atoms with Crippen LogP contribution in [0.2, 0.25) is 0 Å². The Balaban J connectivity index is 0. The fourth-order valence-corrected chi connectivity index (χ4v) is 5.71. The van der Waals surface area contributed by atoms with Gasteiger partial charge in [0.05, 0.1) is 78.8 Å². The van der Waals surface area contributed by atoms with Gasteiger partial charge >= 0.3 is 0 Å². The molecule has 1 rings (SSSR count). The van der Waals surface area contributed by atoms with E-state index in [2.05, 4.69) is 53.3 Å². The van der Waals surface area contributed by atoms with Gasteiger partial charge in [-0.15, -0.1) is 0 Å². The minimum absolute atomic E-state index is 0.0534. The molecule has 65 heavy (non-hydrogen) atoms. The van der Waals surface area contributed by atoms with Crippen molar-refractivity contribution in [1.29, 1.82) is 0 Å². The maximum atomic E-state index is 12.0. The van der Waals surface area contributed by atoms with Crippen LogP contribution >= 0.6 is 0 Å². The van der Waals surface area contributed by atoms with Gasteiger partial charge in [-0.3, -0.25) is 9.59 Å². The zero-order chi connectivity index (χ0) is 51.3. The Labute approximate surface area is 395 Å². The van der Waals surface area contributed by atoms with Crippen molar-refractivity contribution in [3.05, 3.63) is 74.9 Å². The number of rotatable bonds is 30. The highest BCUT2D eigenvalue weighted by Crippen LogP contribution is 2.30. The van der Waals surface area contributed by atoms with Crippen molar-refractivity contribution in [2.24, 2.45) is 0 Å². The molecule has 0 amide bonds. The number of hydrogen-bond acceptors (Lipinski definition) is 12. The van der Waals surface area contributed by atoms with Gasteiger partial charge in [0.25, 0.3) is 0 Å². The molecular formula is C53H94O12. The molecule has 1 heterocycles. The summed E-state index contributed by atoms with van der Waals surface area (Å²) in [6.45, 7) is 54.4. The maximum Gasteiger partial charge on any atom is 0.186 e. The summed E-state index contributed by atoms with van der Waals surface area (Å²) in [5.41, 5.74) is -3.16. The van der Waals surface area contributed by atoms with E-state index in [0.717, 1.165) is 17.6 Å². The third kappa shape index (κ3) is 29.0. The molecule has 12 nitrogen and oxygen atoms in total. The topological polar surface area (TPSA) is 148 Å². The van der Waals surface area contributed by atoms with Crippen molar-refractivity contribution in [2.45, 2.75) is 213 Å². The summed E-state index contributed by atoms with van der Waals surface area (Å²) < 4.78 is 47.2. The number of carbonyl (C=O) groups excluding carboxylic acids is 2. The average Bonchev–Trinajstić information content (AvgIpc) is 3.17. The van der Waals surface area contributed by atoms with E-state index in [1.807, 2.05) is 41.5 Å². The number of ketones is 2. The fraction of sp³-hybridized carbons (Fsp3) is 0.736. The van der Waals surface area contributed by atoms with Gasteiger partial charge in [0, 0.05) is 20.0 Å². The normalized spacial score (nSPS) is 17.7. The highest BCUT2D eigenvalue weighted by atomic mass is 16.7. The summed E-state index contributed by atoms with van der Waals surface area (Å²) >= 11 is 0. The maximum absolute atomic E-state index is 12.0. The third-order valence-electron chi connectivity index (χ3n) is 11.0. The second-order valence-electron chi connectivity index (χ2n) is 21.1. The standard InChI is InChI=1S/C30H52O7.C12H22O2.C11H20O3/c1-13-22(3)29(8,9)33-17-15-27(4,5)35-21-24-19-23(20-26(32-12)36-24)37-28(6,7)16-18-34-30(10,11)25(31)14-2;1-7-10(2)12(5,6)14-9-8-11(3,4)13;1-6-9(12)11(4,5)14-8-7-10(2,3)13/h13-14,23-24,26H,1-3,15-21H2,4-12H3;7,13H,1-2,8-9H2,3-6H3;6,13H,1,7-8H2,2-5H3. The number of ether oxygens (including phenoxy) is 8. The van der Waals surface area contributed by atoms with Crippen molar-refractivity contribution < 1.29 is 57.7 Å². The Hall–Kier alpha value is -2.62. The molecule has 0 aliphatic carbocycles. The Kier molecular flexibility index (Phi) is 27.8. The van der Waals surface area contributed by atoms with Crippen LogP contribution in [0.5, 0.6) is 0 Å². The van der Waals surface area contributed by atoms with E-state index in [1.165, 1.54) is 12.2 Å². The molecule has 0 aromatic rings. The zero-order valence-corrected chi connectivity index (χ0v) is 44.0. The Bertz CT molecular complexity index is 1450. The van der Waals surface area contributed by atoms with E-state index in [1.54, 1.807) is 74.7 Å². The van der Waals surface area contributed by atoms with Crippen LogP contribution in [0.15, 0.2) is 74.9 Å². The van der Waals surface area contributed by atoms with E-state index >= 15 is 0 Å². The highest BCUT2D eigenvalue weighted by Gasteiger charge is 2.36. The first-order chi connectivity index (χ1) is 29.3. The van der Waals surface area contributed by atoms with E-state index in [-0.39, 0.29) is 30.1 Å². The van der Waals surface area contributed by atoms with Crippen LogP contribution in [-0.4, -0.2) is 125 Å². The molecule has 1 aliphatic rings. The van der Waals surface area contributed by atoms with Gasteiger partial charge in [0.2, 0.25) is 0 Å². The van der Waals surface area contributed by atoms with Crippen molar-refractivity contribution in [3.63, 3.8) is 0 Å². The molecule has 0 aromatic carbocycles. The van der Waals surface area contributed by atoms with Gasteiger partial charge in [-0.05, 0) is 160 Å². The Morgan fingerprint density at radius 3 is 1.23 bits per heavy atom. The second kappa shape index (κ2) is 28.0. The monoisotopic (exact) mass is 923 g/mol. The summed E-state index contributed by atoms with van der Waals surface area (Å²) in [5, 5.41) is 18.9. The fourth-order valence-electron chi connectivity index (χ4n) is 5.71. The molecule has 0 aromatic heterocycles. The molecule has 1 aliphatic heterocycles. The summed E-state index contributed by atoms with van der Waals surface area (Å²) in [6, 6.07) is 0. The predicted molar refractivity (Wildman–Crippen MR) is 264 cm³/mol. The van der Waals surface area contributed by atoms with E-state index in [4.69, 9.17) is 37.9 Å². The average molecular weight is 923 g/mol. The molecule has 1 saturated heterocycles. The van der Waals surface area contributed by atoms with Crippen molar-refractivity contribution in [2.75, 3.05) is 40.1 Å². The first-order valence-electron chi connectivity index (χ1n) is 22.8. The molecule has 0 radical (unpaired) electrons. The van der Waals surface area contributed by atoms with Crippen LogP contribution in [0.3, 0.4) is 0 Å². The summed E-state index contributed by atoms with van der Waals surface area (Å²) in [6.07, 6.45) is 9.21. The number of hydrogen-bond donors (Lipinski definition) is 2. The molecule has 12 heteroatoms. The van der Waals surface area contributed by atoms with Gasteiger partial charge in [-0.25, -0.2) is 0 Å². The lowest BCUT2D eigenvalue weighted by atomic mass is 9.99. The molecular weight excluding hydrogens is 829 g/mol. The zero-order valence-electron chi connectivity index (χ0n) is 44.0. The number of carbonyl (C=O) groups is 2. The van der Waals surface area contributed by atoms with E-state index < -0.39 is 44.8 Å². The minimum Gasteiger partial charge on any atom is -0.390 e. The lowest BCUT2D eigenvalue weighted by Gasteiger charge is -2.40. The molecule has 1 fully saturated rings. The van der Waals surface area contributed by atoms with E-state index in [0.29, 0.717) is 65.1 Å². The largest absolute Gasteiger partial charge is 0.390 e. The Morgan fingerprint density at radius 2 is 0.892 bits per heavy atom. The third-order valence-corrected chi connectivity index (χ3v) is 11.0. The first-order valence-corrected chi connectivity index (χ1v) is 22.8. The highest BCUT2D eigenvalue weighted by molar-refractivity contribution is 5.96. The van der Waals surface area contributed by atoms with Crippen LogP contribution < -0.4 is 0 Å². The summed E-state index contributed by atoms with van der Waals surface area (Å²) in [7, 11) is 1.64. The Morgan fingerprint density at radius 1 is 0.538 bits per heavy atom. The van der Waals surface area contributed by atoms with Crippen molar-refractivity contribution >= 4 is 11.6 Å². The van der Waals surface area contributed by atoms with Gasteiger partial charge in [0.15, 0.2) is 17.9 Å². The van der Waals surface area contributed by atoms with Crippen LogP contribution in [0, 0.1) is 0 Å². The molecule has 0 spiro atoms. The quantitative estimate of drug-likeness (QED) is 0.0522. The molecule has 3 unspecified atom stereocenters. The summed E-state index contributed by atoms with van der Waals surface area (Å²) in [4.78, 5) is 23.2. The van der Waals surface area contributed by atoms with Crippen molar-refractivity contribution in [3.8, 4) is 0 Å². The number of aliphatic hydroxyl groups is 2. The molecule has 378 valence electrons. The van der Waals surface area contributed by atoms with Crippen LogP contribution in [-0.2, 0) is 47.5 Å². The summed E-state index contributed by atoms with van der Waals surface area (Å²) in [5.74, 6) is -0.282. The van der Waals surface area contributed by atoms with Gasteiger partial charge in [-0.2, -0.15) is 0 Å². The predicted octanol–water partition coefficient (Wildman–Crippen LogP) is 10.3. The van der Waals surface area contributed by atoms with Crippen LogP contribution in [0.4, 0.5) is 0 Å². The number of methoxy groups -OCH3 is 1. The molecule has 2 N–H and O–H groups in total. The van der Waals surface area contributed by atoms with Crippen molar-refractivity contribution in [1.82, 2.24) is 0 Å². The SMILES string of the molecule is C=CC(=C)C(C)(C)OCCC(C)(C)O.C=CC(=C)C(C)(C)OCCC(C)(C)OCC1CC(OC(C)(C)CCOC(C)(C)C(=O)C=C)CC(OC)O1.C=CC(=O)C(C)(C)OCCC(C)(C)O. The van der Waals surface area contributed by atoms with E-state index in [9.17, 15) is 19.8 Å². The first kappa shape index (κ1) is 64.5. The molecule has 0 bridgehead atoms. The smallest absolute Gasteiger partial charge is 0.186 e. The second-order valence-corrected chi connectivity index (χ2v) is 21.1. The lowest BCUT2D eigenvalue weighted by molar-refractivity contribution is -0.241. The van der Waals surface area contributed by atoms with Crippen LogP contribution in [0.1, 0.15) is 149 Å². The van der Waals surface area contributed by atoms with Gasteiger partial charge in [-0.1, -0.05) is 51.6 Å². The lowest BCUT2D eigenvalue weighted by Crippen LogP contribution is -2.45. The van der Waals surface area contributed by atoms with Crippen LogP contribution in [0.25, 0.3) is 0 Å². The molecule has 3 atom stereocenters. The van der Waals surface area contributed by atoms with Gasteiger partial charge in [0.1, 0.15) is 11.2 Å². The molecule has 0 saturated carbocycles. The minimum atomic E-state index is -0.896. The van der Waals surface area contributed by atoms with Gasteiger partial charge < -0.3 is 48.1 Å².